The van der Waals surface area contributed by atoms with Crippen molar-refractivity contribution < 1.29 is 9.21 Å². The van der Waals surface area contributed by atoms with Crippen LogP contribution in [0.3, 0.4) is 0 Å². The molecule has 140 valence electrons. The van der Waals surface area contributed by atoms with E-state index in [1.54, 1.807) is 36.4 Å². The number of nitrogens with one attached hydrogen (secondary N) is 1. The van der Waals surface area contributed by atoms with Crippen molar-refractivity contribution in [3.05, 3.63) is 78.2 Å². The van der Waals surface area contributed by atoms with Gasteiger partial charge in [0.2, 0.25) is 5.89 Å². The number of benzene rings is 3. The molecule has 0 radical (unpaired) electrons. The second-order valence-corrected chi connectivity index (χ2v) is 8.88. The number of halogens is 4. The minimum absolute atomic E-state index is 0.290. The highest BCUT2D eigenvalue weighted by Gasteiger charge is 2.15. The van der Waals surface area contributed by atoms with Crippen LogP contribution in [0.25, 0.3) is 22.6 Å². The Kier molecular flexibility index (Phi) is 5.64. The van der Waals surface area contributed by atoms with E-state index < -0.39 is 0 Å². The van der Waals surface area contributed by atoms with Crippen LogP contribution in [0.5, 0.6) is 0 Å². The largest absolute Gasteiger partial charge is 0.436 e. The molecule has 8 heteroatoms. The van der Waals surface area contributed by atoms with E-state index in [1.165, 1.54) is 0 Å². The lowest BCUT2D eigenvalue weighted by molar-refractivity contribution is 0.102. The van der Waals surface area contributed by atoms with Crippen LogP contribution in [-0.2, 0) is 0 Å². The Morgan fingerprint density at radius 1 is 1.04 bits per heavy atom. The second-order valence-electron chi connectivity index (χ2n) is 5.90. The standard InChI is InChI=1S/C20H10BrCl2IN2O2/c21-10-1-4-16(23)14(7-10)20-26-17-9-12(3-6-18(17)28-20)25-19(27)13-8-11(24)2-5-15(13)22/h1-9H,(H,25,27). The Morgan fingerprint density at radius 3 is 2.64 bits per heavy atom. The van der Waals surface area contributed by atoms with Gasteiger partial charge in [-0.2, -0.15) is 0 Å². The lowest BCUT2D eigenvalue weighted by atomic mass is 10.2. The van der Waals surface area contributed by atoms with Gasteiger partial charge in [-0.05, 0) is 77.2 Å². The third-order valence-electron chi connectivity index (χ3n) is 3.98. The van der Waals surface area contributed by atoms with Gasteiger partial charge >= 0.3 is 0 Å². The molecule has 1 aromatic heterocycles. The number of hydrogen-bond acceptors (Lipinski definition) is 3. The first-order valence-electron chi connectivity index (χ1n) is 8.03. The van der Waals surface area contributed by atoms with Gasteiger partial charge in [-0.3, -0.25) is 4.79 Å². The monoisotopic (exact) mass is 586 g/mol. The maximum Gasteiger partial charge on any atom is 0.257 e. The van der Waals surface area contributed by atoms with Crippen molar-refractivity contribution in [2.45, 2.75) is 0 Å². The third kappa shape index (κ3) is 4.05. The van der Waals surface area contributed by atoms with Gasteiger partial charge in [0.1, 0.15) is 5.52 Å². The molecule has 0 aliphatic carbocycles. The summed E-state index contributed by atoms with van der Waals surface area (Å²) >= 11 is 18.0. The van der Waals surface area contributed by atoms with Gasteiger partial charge < -0.3 is 9.73 Å². The van der Waals surface area contributed by atoms with E-state index in [4.69, 9.17) is 27.6 Å². The molecule has 1 amide bonds. The molecule has 3 aromatic carbocycles. The number of anilines is 1. The summed E-state index contributed by atoms with van der Waals surface area (Å²) in [6.45, 7) is 0. The highest BCUT2D eigenvalue weighted by atomic mass is 127. The van der Waals surface area contributed by atoms with E-state index in [-0.39, 0.29) is 5.91 Å². The van der Waals surface area contributed by atoms with E-state index >= 15 is 0 Å². The molecule has 1 heterocycles. The quantitative estimate of drug-likeness (QED) is 0.254. The molecule has 0 aliphatic heterocycles. The molecular formula is C20H10BrCl2IN2O2. The fraction of sp³-hybridized carbons (Fsp3) is 0. The van der Waals surface area contributed by atoms with Crippen LogP contribution in [0.2, 0.25) is 10.0 Å². The summed E-state index contributed by atoms with van der Waals surface area (Å²) in [6.07, 6.45) is 0. The maximum atomic E-state index is 12.6. The molecule has 0 saturated carbocycles. The lowest BCUT2D eigenvalue weighted by Crippen LogP contribution is -2.12. The zero-order valence-electron chi connectivity index (χ0n) is 14.0. The number of rotatable bonds is 3. The Hall–Kier alpha value is -1.61. The van der Waals surface area contributed by atoms with E-state index in [9.17, 15) is 4.79 Å². The number of hydrogen-bond donors (Lipinski definition) is 1. The first-order chi connectivity index (χ1) is 13.4. The zero-order valence-corrected chi connectivity index (χ0v) is 19.2. The van der Waals surface area contributed by atoms with Gasteiger partial charge in [-0.1, -0.05) is 39.1 Å². The Bertz CT molecular complexity index is 1230. The van der Waals surface area contributed by atoms with Crippen LogP contribution < -0.4 is 5.32 Å². The van der Waals surface area contributed by atoms with Gasteiger partial charge in [0.25, 0.3) is 5.91 Å². The second kappa shape index (κ2) is 8.02. The van der Waals surface area contributed by atoms with Gasteiger partial charge in [0.15, 0.2) is 5.58 Å². The average Bonchev–Trinajstić information content (AvgIpc) is 3.08. The Balaban J connectivity index is 1.66. The molecule has 0 atom stereocenters. The predicted octanol–water partition coefficient (Wildman–Crippen LogP) is 7.42. The molecule has 0 saturated heterocycles. The van der Waals surface area contributed by atoms with Gasteiger partial charge in [0, 0.05) is 13.7 Å². The summed E-state index contributed by atoms with van der Waals surface area (Å²) in [5, 5.41) is 3.78. The number of oxazole rings is 1. The van der Waals surface area contributed by atoms with Crippen molar-refractivity contribution in [1.29, 1.82) is 0 Å². The average molecular weight is 588 g/mol. The molecule has 4 nitrogen and oxygen atoms in total. The minimum atomic E-state index is -0.290. The molecule has 0 aliphatic rings. The van der Waals surface area contributed by atoms with Gasteiger partial charge in [-0.25, -0.2) is 4.98 Å². The maximum absolute atomic E-state index is 12.6. The fourth-order valence-electron chi connectivity index (χ4n) is 2.65. The summed E-state index contributed by atoms with van der Waals surface area (Å²) in [6, 6.07) is 16.0. The number of carbonyl (C=O) groups is 1. The molecule has 0 fully saturated rings. The zero-order chi connectivity index (χ0) is 19.8. The normalized spacial score (nSPS) is 11.0. The molecule has 0 unspecified atom stereocenters. The number of amides is 1. The molecule has 4 rings (SSSR count). The smallest absolute Gasteiger partial charge is 0.257 e. The first-order valence-corrected chi connectivity index (χ1v) is 10.7. The number of aromatic nitrogens is 1. The molecular weight excluding hydrogens is 578 g/mol. The Morgan fingerprint density at radius 2 is 1.82 bits per heavy atom. The fourth-order valence-corrected chi connectivity index (χ4v) is 3.91. The molecule has 1 N–H and O–H groups in total. The summed E-state index contributed by atoms with van der Waals surface area (Å²) in [4.78, 5) is 17.1. The third-order valence-corrected chi connectivity index (χ3v) is 5.80. The molecule has 4 aromatic rings. The van der Waals surface area contributed by atoms with Crippen molar-refractivity contribution in [3.8, 4) is 11.5 Å². The van der Waals surface area contributed by atoms with Gasteiger partial charge in [0.05, 0.1) is 21.2 Å². The number of nitrogens with zero attached hydrogens (tertiary/aromatic N) is 1. The van der Waals surface area contributed by atoms with E-state index in [1.807, 2.05) is 18.2 Å². The molecule has 0 spiro atoms. The Labute approximate surface area is 192 Å². The topological polar surface area (TPSA) is 55.1 Å². The van der Waals surface area contributed by atoms with Crippen LogP contribution in [0.15, 0.2) is 63.5 Å². The lowest BCUT2D eigenvalue weighted by Gasteiger charge is -2.07. The number of fused-ring (bicyclic) bond motifs is 1. The summed E-state index contributed by atoms with van der Waals surface area (Å²) in [5.41, 5.74) is 2.89. The number of carbonyl (C=O) groups excluding carboxylic acids is 1. The minimum Gasteiger partial charge on any atom is -0.436 e. The predicted molar refractivity (Wildman–Crippen MR) is 124 cm³/mol. The van der Waals surface area contributed by atoms with Crippen molar-refractivity contribution in [1.82, 2.24) is 4.98 Å². The SMILES string of the molecule is O=C(Nc1ccc2oc(-c3cc(Br)ccc3Cl)nc2c1)c1cc(I)ccc1Cl. The van der Waals surface area contributed by atoms with Crippen LogP contribution >= 0.6 is 61.7 Å². The van der Waals surface area contributed by atoms with E-state index in [0.717, 1.165) is 8.04 Å². The first kappa shape index (κ1) is 19.7. The van der Waals surface area contributed by atoms with E-state index in [0.29, 0.717) is 43.9 Å². The molecule has 0 bridgehead atoms. The van der Waals surface area contributed by atoms with E-state index in [2.05, 4.69) is 48.8 Å². The summed E-state index contributed by atoms with van der Waals surface area (Å²) in [7, 11) is 0. The summed E-state index contributed by atoms with van der Waals surface area (Å²) < 4.78 is 7.62. The van der Waals surface area contributed by atoms with Crippen LogP contribution in [0.1, 0.15) is 10.4 Å². The van der Waals surface area contributed by atoms with Crippen molar-refractivity contribution >= 4 is 84.4 Å². The molecule has 28 heavy (non-hydrogen) atoms. The highest BCUT2D eigenvalue weighted by Crippen LogP contribution is 2.33. The van der Waals surface area contributed by atoms with Gasteiger partial charge in [-0.15, -0.1) is 0 Å². The van der Waals surface area contributed by atoms with Crippen molar-refractivity contribution in [3.63, 3.8) is 0 Å². The van der Waals surface area contributed by atoms with Crippen molar-refractivity contribution in [2.24, 2.45) is 0 Å². The van der Waals surface area contributed by atoms with Crippen molar-refractivity contribution in [2.75, 3.05) is 5.32 Å². The summed E-state index contributed by atoms with van der Waals surface area (Å²) in [5.74, 6) is 0.118. The van der Waals surface area contributed by atoms with Crippen LogP contribution in [0, 0.1) is 3.57 Å². The highest BCUT2D eigenvalue weighted by molar-refractivity contribution is 14.1. The van der Waals surface area contributed by atoms with Crippen LogP contribution in [-0.4, -0.2) is 10.9 Å². The van der Waals surface area contributed by atoms with Crippen LogP contribution in [0.4, 0.5) is 5.69 Å².